The lowest BCUT2D eigenvalue weighted by Gasteiger charge is -2.40. The maximum Gasteiger partial charge on any atom is 0.259 e. The molecule has 2 heterocycles. The average molecular weight is 479 g/mol. The Balaban J connectivity index is 1.40. The molecule has 0 aromatic heterocycles. The van der Waals surface area contributed by atoms with Crippen molar-refractivity contribution in [2.45, 2.75) is 38.6 Å². The third-order valence-electron chi connectivity index (χ3n) is 7.18. The second-order valence-electron chi connectivity index (χ2n) is 9.58. The highest BCUT2D eigenvalue weighted by Crippen LogP contribution is 2.48. The molecule has 1 saturated heterocycles. The van der Waals surface area contributed by atoms with Crippen LogP contribution in [0.4, 0.5) is 5.69 Å². The number of rotatable bonds is 3. The number of aryl methyl sites for hydroxylation is 2. The van der Waals surface area contributed by atoms with E-state index >= 15 is 0 Å². The number of anilines is 1. The Hall–Kier alpha value is -2.33. The molecule has 1 amide bonds. The third-order valence-corrected chi connectivity index (χ3v) is 7.73. The van der Waals surface area contributed by atoms with Gasteiger partial charge in [-0.2, -0.15) is 0 Å². The van der Waals surface area contributed by atoms with E-state index in [1.54, 1.807) is 18.2 Å². The number of likely N-dealkylation sites (tertiary alicyclic amines) is 1. The molecule has 170 valence electrons. The standard InChI is InChI=1S/C28H28Cl2N2O/c1-19-4-3-5-21(14-19)17-31-12-10-28(11-13-31)18-32(26-9-6-20(2)15-24(26)28)27(33)23-8-7-22(29)16-25(23)30/h3-9,14-16H,10-13,17-18H2,1-2H3. The minimum atomic E-state index is -0.0548. The summed E-state index contributed by atoms with van der Waals surface area (Å²) >= 11 is 12.5. The fourth-order valence-electron chi connectivity index (χ4n) is 5.41. The van der Waals surface area contributed by atoms with Crippen LogP contribution in [0.25, 0.3) is 0 Å². The van der Waals surface area contributed by atoms with Crippen LogP contribution in [0.15, 0.2) is 60.7 Å². The number of benzene rings is 3. The van der Waals surface area contributed by atoms with Crippen molar-refractivity contribution in [1.82, 2.24) is 4.90 Å². The van der Waals surface area contributed by atoms with Gasteiger partial charge in [0.15, 0.2) is 0 Å². The van der Waals surface area contributed by atoms with E-state index in [2.05, 4.69) is 61.2 Å². The molecule has 0 atom stereocenters. The zero-order valence-corrected chi connectivity index (χ0v) is 20.6. The molecule has 0 bridgehead atoms. The molecule has 3 aromatic carbocycles. The molecule has 0 N–H and O–H groups in total. The van der Waals surface area contributed by atoms with Gasteiger partial charge in [0, 0.05) is 29.2 Å². The van der Waals surface area contributed by atoms with Crippen LogP contribution in [-0.2, 0) is 12.0 Å². The monoisotopic (exact) mass is 478 g/mol. The Morgan fingerprint density at radius 3 is 2.42 bits per heavy atom. The number of amides is 1. The minimum Gasteiger partial charge on any atom is -0.307 e. The van der Waals surface area contributed by atoms with E-state index in [0.29, 0.717) is 22.2 Å². The molecule has 3 nitrogen and oxygen atoms in total. The van der Waals surface area contributed by atoms with Gasteiger partial charge in [-0.3, -0.25) is 9.69 Å². The molecule has 2 aliphatic heterocycles. The summed E-state index contributed by atoms with van der Waals surface area (Å²) in [5.74, 6) is -0.0548. The predicted molar refractivity (Wildman–Crippen MR) is 137 cm³/mol. The lowest BCUT2D eigenvalue weighted by atomic mass is 9.74. The van der Waals surface area contributed by atoms with Crippen molar-refractivity contribution in [2.75, 3.05) is 24.5 Å². The van der Waals surface area contributed by atoms with E-state index in [-0.39, 0.29) is 11.3 Å². The number of carbonyl (C=O) groups excluding carboxylic acids is 1. The molecule has 0 aliphatic carbocycles. The first kappa shape index (κ1) is 22.5. The van der Waals surface area contributed by atoms with E-state index < -0.39 is 0 Å². The number of nitrogens with zero attached hydrogens (tertiary/aromatic N) is 2. The molecule has 1 fully saturated rings. The largest absolute Gasteiger partial charge is 0.307 e. The molecule has 2 aliphatic rings. The van der Waals surface area contributed by atoms with Crippen molar-refractivity contribution >= 4 is 34.8 Å². The molecule has 33 heavy (non-hydrogen) atoms. The fourth-order valence-corrected chi connectivity index (χ4v) is 5.90. The molecule has 1 spiro atoms. The number of fused-ring (bicyclic) bond motifs is 2. The molecule has 0 saturated carbocycles. The summed E-state index contributed by atoms with van der Waals surface area (Å²) in [6.07, 6.45) is 2.07. The Morgan fingerprint density at radius 2 is 1.70 bits per heavy atom. The zero-order chi connectivity index (χ0) is 23.2. The van der Waals surface area contributed by atoms with Crippen LogP contribution in [0, 0.1) is 13.8 Å². The molecular weight excluding hydrogens is 451 g/mol. The van der Waals surface area contributed by atoms with E-state index in [1.165, 1.54) is 22.3 Å². The molecule has 5 heteroatoms. The minimum absolute atomic E-state index is 0.0149. The molecule has 0 unspecified atom stereocenters. The normalized spacial score (nSPS) is 17.4. The zero-order valence-electron chi connectivity index (χ0n) is 19.1. The first-order valence-corrected chi connectivity index (χ1v) is 12.3. The maximum absolute atomic E-state index is 13.6. The highest BCUT2D eigenvalue weighted by molar-refractivity contribution is 6.37. The maximum atomic E-state index is 13.6. The van der Waals surface area contributed by atoms with Crippen molar-refractivity contribution in [1.29, 1.82) is 0 Å². The van der Waals surface area contributed by atoms with Crippen molar-refractivity contribution in [3.8, 4) is 0 Å². The van der Waals surface area contributed by atoms with Crippen molar-refractivity contribution < 1.29 is 4.79 Å². The van der Waals surface area contributed by atoms with Crippen molar-refractivity contribution in [2.24, 2.45) is 0 Å². The van der Waals surface area contributed by atoms with Crippen LogP contribution in [0.2, 0.25) is 10.0 Å². The van der Waals surface area contributed by atoms with Gasteiger partial charge in [0.05, 0.1) is 10.6 Å². The van der Waals surface area contributed by atoms with Crippen molar-refractivity contribution in [3.05, 3.63) is 98.5 Å². The number of halogens is 2. The number of hydrogen-bond donors (Lipinski definition) is 0. The summed E-state index contributed by atoms with van der Waals surface area (Å²) in [6.45, 7) is 7.98. The quantitative estimate of drug-likeness (QED) is 0.412. The van der Waals surface area contributed by atoms with Gasteiger partial charge in [0.1, 0.15) is 0 Å². The number of hydrogen-bond acceptors (Lipinski definition) is 2. The van der Waals surface area contributed by atoms with Crippen LogP contribution in [0.5, 0.6) is 0 Å². The average Bonchev–Trinajstić information content (AvgIpc) is 3.08. The second kappa shape index (κ2) is 8.79. The highest BCUT2D eigenvalue weighted by atomic mass is 35.5. The topological polar surface area (TPSA) is 23.6 Å². The van der Waals surface area contributed by atoms with Crippen LogP contribution in [0.1, 0.15) is 45.5 Å². The Kier molecular flexibility index (Phi) is 5.98. The summed E-state index contributed by atoms with van der Waals surface area (Å²) in [4.78, 5) is 18.0. The Morgan fingerprint density at radius 1 is 0.939 bits per heavy atom. The van der Waals surface area contributed by atoms with Gasteiger partial charge in [-0.05, 0) is 75.2 Å². The smallest absolute Gasteiger partial charge is 0.259 e. The van der Waals surface area contributed by atoms with Crippen LogP contribution >= 0.6 is 23.2 Å². The van der Waals surface area contributed by atoms with Gasteiger partial charge in [-0.15, -0.1) is 0 Å². The van der Waals surface area contributed by atoms with E-state index in [1.807, 2.05) is 4.90 Å². The van der Waals surface area contributed by atoms with Crippen LogP contribution < -0.4 is 4.90 Å². The summed E-state index contributed by atoms with van der Waals surface area (Å²) in [6, 6.07) is 20.3. The SMILES string of the molecule is Cc1cccc(CN2CCC3(CC2)CN(C(=O)c2ccc(Cl)cc2Cl)c2ccc(C)cc23)c1. The molecular formula is C28H28Cl2N2O. The molecule has 0 radical (unpaired) electrons. The Labute approximate surface area is 205 Å². The fraction of sp³-hybridized carbons (Fsp3) is 0.321. The van der Waals surface area contributed by atoms with Crippen molar-refractivity contribution in [3.63, 3.8) is 0 Å². The Bertz CT molecular complexity index is 1210. The van der Waals surface area contributed by atoms with Crippen LogP contribution in [-0.4, -0.2) is 30.4 Å². The van der Waals surface area contributed by atoms with Gasteiger partial charge in [0.2, 0.25) is 0 Å². The number of piperidine rings is 1. The summed E-state index contributed by atoms with van der Waals surface area (Å²) in [7, 11) is 0. The first-order chi connectivity index (χ1) is 15.8. The van der Waals surface area contributed by atoms with E-state index in [4.69, 9.17) is 23.2 Å². The lowest BCUT2D eigenvalue weighted by Crippen LogP contribution is -2.45. The second-order valence-corrected chi connectivity index (χ2v) is 10.4. The molecule has 5 rings (SSSR count). The molecule has 3 aromatic rings. The van der Waals surface area contributed by atoms with Crippen LogP contribution in [0.3, 0.4) is 0 Å². The highest BCUT2D eigenvalue weighted by Gasteiger charge is 2.46. The van der Waals surface area contributed by atoms with Gasteiger partial charge in [0.25, 0.3) is 5.91 Å². The third kappa shape index (κ3) is 4.30. The summed E-state index contributed by atoms with van der Waals surface area (Å²) in [5, 5.41) is 0.932. The summed E-state index contributed by atoms with van der Waals surface area (Å²) in [5.41, 5.74) is 6.70. The van der Waals surface area contributed by atoms with Gasteiger partial charge >= 0.3 is 0 Å². The van der Waals surface area contributed by atoms with E-state index in [9.17, 15) is 4.79 Å². The summed E-state index contributed by atoms with van der Waals surface area (Å²) < 4.78 is 0. The van der Waals surface area contributed by atoms with E-state index in [0.717, 1.165) is 38.2 Å². The first-order valence-electron chi connectivity index (χ1n) is 11.5. The lowest BCUT2D eigenvalue weighted by molar-refractivity contribution is 0.0975. The predicted octanol–water partition coefficient (Wildman–Crippen LogP) is 6.80. The van der Waals surface area contributed by atoms with Gasteiger partial charge < -0.3 is 4.90 Å². The number of carbonyl (C=O) groups is 1. The van der Waals surface area contributed by atoms with Gasteiger partial charge in [-0.1, -0.05) is 70.7 Å². The van der Waals surface area contributed by atoms with Gasteiger partial charge in [-0.25, -0.2) is 0 Å².